The van der Waals surface area contributed by atoms with Gasteiger partial charge in [0.05, 0.1) is 0 Å². The smallest absolute Gasteiger partial charge is 0.300 e. The van der Waals surface area contributed by atoms with Crippen molar-refractivity contribution in [3.8, 4) is 0 Å². The van der Waals surface area contributed by atoms with Gasteiger partial charge in [-0.2, -0.15) is 13.2 Å². The van der Waals surface area contributed by atoms with Crippen molar-refractivity contribution in [3.63, 3.8) is 0 Å². The van der Waals surface area contributed by atoms with Crippen LogP contribution in [0.5, 0.6) is 0 Å². The molecule has 0 aliphatic heterocycles. The van der Waals surface area contributed by atoms with E-state index in [-0.39, 0.29) is 6.42 Å². The summed E-state index contributed by atoms with van der Waals surface area (Å²) in [6.07, 6.45) is -3.08. The third kappa shape index (κ3) is 3.05. The fourth-order valence-electron chi connectivity index (χ4n) is 2.18. The molecule has 1 aromatic carbocycles. The highest BCUT2D eigenvalue weighted by molar-refractivity contribution is 5.26. The molecule has 4 heteroatoms. The Bertz CT molecular complexity index is 348. The molecule has 0 spiro atoms. The number of hydrogen-bond donors (Lipinski definition) is 1. The van der Waals surface area contributed by atoms with Crippen LogP contribution in [0, 0.1) is 0 Å². The van der Waals surface area contributed by atoms with E-state index in [4.69, 9.17) is 0 Å². The molecule has 1 rings (SSSR count). The van der Waals surface area contributed by atoms with Crippen molar-refractivity contribution in [2.45, 2.75) is 44.8 Å². The quantitative estimate of drug-likeness (QED) is 0.805. The highest BCUT2D eigenvalue weighted by Gasteiger charge is 2.54. The average molecular weight is 259 g/mol. The summed E-state index contributed by atoms with van der Waals surface area (Å²) < 4.78 is 40.5. The van der Waals surface area contributed by atoms with E-state index in [1.165, 1.54) is 0 Å². The van der Waals surface area contributed by atoms with Crippen molar-refractivity contribution in [2.75, 3.05) is 6.54 Å². The lowest BCUT2D eigenvalue weighted by atomic mass is 9.84. The first-order valence-electron chi connectivity index (χ1n) is 6.35. The molecular formula is C14H20F3N. The molecule has 0 saturated heterocycles. The SMILES string of the molecule is CCCNC(CCC)(c1ccccc1)C(F)(F)F. The van der Waals surface area contributed by atoms with E-state index < -0.39 is 11.7 Å². The molecule has 0 fully saturated rings. The Kier molecular flexibility index (Phi) is 5.20. The summed E-state index contributed by atoms with van der Waals surface area (Å²) in [7, 11) is 0. The molecule has 0 aromatic heterocycles. The predicted octanol–water partition coefficient (Wildman–Crippen LogP) is 4.24. The van der Waals surface area contributed by atoms with Gasteiger partial charge in [0.25, 0.3) is 0 Å². The normalized spacial score (nSPS) is 15.4. The zero-order valence-electron chi connectivity index (χ0n) is 10.8. The number of nitrogens with one attached hydrogen (secondary N) is 1. The van der Waals surface area contributed by atoms with Crippen LogP contribution in [0.3, 0.4) is 0 Å². The standard InChI is InChI=1S/C14H20F3N/c1-3-10-13(14(15,16)17,18-11-4-2)12-8-6-5-7-9-12/h5-9,18H,3-4,10-11H2,1-2H3. The van der Waals surface area contributed by atoms with Crippen LogP contribution >= 0.6 is 0 Å². The zero-order chi connectivity index (χ0) is 13.6. The van der Waals surface area contributed by atoms with Crippen molar-refractivity contribution in [3.05, 3.63) is 35.9 Å². The van der Waals surface area contributed by atoms with Crippen molar-refractivity contribution < 1.29 is 13.2 Å². The number of rotatable bonds is 6. The predicted molar refractivity (Wildman–Crippen MR) is 67.4 cm³/mol. The van der Waals surface area contributed by atoms with Crippen LogP contribution < -0.4 is 5.32 Å². The summed E-state index contributed by atoms with van der Waals surface area (Å²) in [5.41, 5.74) is -1.62. The second-order valence-electron chi connectivity index (χ2n) is 4.45. The molecule has 1 N–H and O–H groups in total. The lowest BCUT2D eigenvalue weighted by Crippen LogP contribution is -2.54. The fraction of sp³-hybridized carbons (Fsp3) is 0.571. The van der Waals surface area contributed by atoms with E-state index in [9.17, 15) is 13.2 Å². The van der Waals surface area contributed by atoms with Gasteiger partial charge in [0, 0.05) is 0 Å². The molecule has 0 amide bonds. The van der Waals surface area contributed by atoms with Crippen LogP contribution in [0.2, 0.25) is 0 Å². The molecule has 0 aliphatic carbocycles. The van der Waals surface area contributed by atoms with Crippen LogP contribution in [0.4, 0.5) is 13.2 Å². The van der Waals surface area contributed by atoms with Gasteiger partial charge in [-0.1, -0.05) is 50.6 Å². The number of benzene rings is 1. The molecular weight excluding hydrogens is 239 g/mol. The molecule has 102 valence electrons. The summed E-state index contributed by atoms with van der Waals surface area (Å²) in [5, 5.41) is 2.72. The summed E-state index contributed by atoms with van der Waals surface area (Å²) in [4.78, 5) is 0. The Morgan fingerprint density at radius 2 is 1.61 bits per heavy atom. The first-order chi connectivity index (χ1) is 8.48. The minimum absolute atomic E-state index is 0.0561. The van der Waals surface area contributed by atoms with E-state index in [0.29, 0.717) is 24.9 Å². The molecule has 0 saturated carbocycles. The first-order valence-corrected chi connectivity index (χ1v) is 6.35. The Hall–Kier alpha value is -1.03. The first kappa shape index (κ1) is 15.0. The second-order valence-corrected chi connectivity index (χ2v) is 4.45. The second kappa shape index (κ2) is 6.23. The topological polar surface area (TPSA) is 12.0 Å². The van der Waals surface area contributed by atoms with Crippen molar-refractivity contribution in [1.82, 2.24) is 5.32 Å². The highest BCUT2D eigenvalue weighted by atomic mass is 19.4. The van der Waals surface area contributed by atoms with E-state index >= 15 is 0 Å². The lowest BCUT2D eigenvalue weighted by Gasteiger charge is -2.37. The molecule has 1 nitrogen and oxygen atoms in total. The lowest BCUT2D eigenvalue weighted by molar-refractivity contribution is -0.203. The zero-order valence-corrected chi connectivity index (χ0v) is 10.8. The van der Waals surface area contributed by atoms with Gasteiger partial charge in [0.1, 0.15) is 5.54 Å². The maximum absolute atomic E-state index is 13.5. The maximum Gasteiger partial charge on any atom is 0.410 e. The number of hydrogen-bond acceptors (Lipinski definition) is 1. The minimum atomic E-state index is -4.29. The van der Waals surface area contributed by atoms with Crippen molar-refractivity contribution in [2.24, 2.45) is 0 Å². The van der Waals surface area contributed by atoms with E-state index in [1.807, 2.05) is 6.92 Å². The molecule has 0 heterocycles. The van der Waals surface area contributed by atoms with E-state index in [2.05, 4.69) is 5.32 Å². The Labute approximate surface area is 106 Å². The van der Waals surface area contributed by atoms with Crippen LogP contribution in [0.1, 0.15) is 38.7 Å². The summed E-state index contributed by atoms with van der Waals surface area (Å²) >= 11 is 0. The number of halogens is 3. The molecule has 18 heavy (non-hydrogen) atoms. The van der Waals surface area contributed by atoms with E-state index in [0.717, 1.165) is 0 Å². The van der Waals surface area contributed by atoms with Crippen molar-refractivity contribution in [1.29, 1.82) is 0 Å². The average Bonchev–Trinajstić information content (AvgIpc) is 2.34. The highest BCUT2D eigenvalue weighted by Crippen LogP contribution is 2.42. The molecule has 1 atom stereocenters. The molecule has 1 aromatic rings. The van der Waals surface area contributed by atoms with Crippen LogP contribution in [-0.4, -0.2) is 12.7 Å². The van der Waals surface area contributed by atoms with Crippen LogP contribution in [-0.2, 0) is 5.54 Å². The number of alkyl halides is 3. The molecule has 0 aliphatic rings. The van der Waals surface area contributed by atoms with Crippen LogP contribution in [0.25, 0.3) is 0 Å². The monoisotopic (exact) mass is 259 g/mol. The molecule has 1 unspecified atom stereocenters. The Morgan fingerprint density at radius 1 is 1.00 bits per heavy atom. The van der Waals surface area contributed by atoms with Gasteiger partial charge in [-0.3, -0.25) is 5.32 Å². The van der Waals surface area contributed by atoms with Gasteiger partial charge in [-0.05, 0) is 24.9 Å². The minimum Gasteiger partial charge on any atom is -0.300 e. The fourth-order valence-corrected chi connectivity index (χ4v) is 2.18. The van der Waals surface area contributed by atoms with Gasteiger partial charge in [-0.25, -0.2) is 0 Å². The molecule has 0 bridgehead atoms. The summed E-state index contributed by atoms with van der Waals surface area (Å²) in [6, 6.07) is 8.13. The van der Waals surface area contributed by atoms with Gasteiger partial charge in [0.2, 0.25) is 0 Å². The van der Waals surface area contributed by atoms with Gasteiger partial charge in [0.15, 0.2) is 0 Å². The van der Waals surface area contributed by atoms with Crippen LogP contribution in [0.15, 0.2) is 30.3 Å². The summed E-state index contributed by atoms with van der Waals surface area (Å²) in [5.74, 6) is 0. The van der Waals surface area contributed by atoms with Gasteiger partial charge in [-0.15, -0.1) is 0 Å². The Balaban J connectivity index is 3.20. The maximum atomic E-state index is 13.5. The summed E-state index contributed by atoms with van der Waals surface area (Å²) in [6.45, 7) is 4.00. The third-order valence-corrected chi connectivity index (χ3v) is 3.05. The van der Waals surface area contributed by atoms with E-state index in [1.54, 1.807) is 37.3 Å². The molecule has 0 radical (unpaired) electrons. The van der Waals surface area contributed by atoms with Gasteiger partial charge >= 0.3 is 6.18 Å². The Morgan fingerprint density at radius 3 is 2.06 bits per heavy atom. The largest absolute Gasteiger partial charge is 0.410 e. The third-order valence-electron chi connectivity index (χ3n) is 3.05. The van der Waals surface area contributed by atoms with Gasteiger partial charge < -0.3 is 0 Å². The van der Waals surface area contributed by atoms with Crippen molar-refractivity contribution >= 4 is 0 Å².